The van der Waals surface area contributed by atoms with Gasteiger partial charge in [0.1, 0.15) is 0 Å². The van der Waals surface area contributed by atoms with Crippen molar-refractivity contribution in [3.63, 3.8) is 0 Å². The third kappa shape index (κ3) is 12.4. The summed E-state index contributed by atoms with van der Waals surface area (Å²) < 4.78 is 5.56. The van der Waals surface area contributed by atoms with Crippen LogP contribution in [0.3, 0.4) is 0 Å². The Labute approximate surface area is 90.6 Å². The van der Waals surface area contributed by atoms with E-state index in [1.807, 2.05) is 0 Å². The largest absolute Gasteiger partial charge is 0.375 e. The number of alkyl halides is 1. The molecule has 0 spiro atoms. The molecule has 0 unspecified atom stereocenters. The number of rotatable bonds is 7. The lowest BCUT2D eigenvalue weighted by atomic mass is 10.2. The van der Waals surface area contributed by atoms with E-state index in [-0.39, 0.29) is 5.60 Å². The molecule has 0 bridgehead atoms. The molecule has 3 heteroatoms. The Bertz CT molecular complexity index is 112. The molecule has 0 aromatic heterocycles. The highest BCUT2D eigenvalue weighted by Crippen LogP contribution is 2.04. The van der Waals surface area contributed by atoms with Gasteiger partial charge in [-0.25, -0.2) is 0 Å². The highest BCUT2D eigenvalue weighted by Gasteiger charge is 2.08. The van der Waals surface area contributed by atoms with Crippen LogP contribution in [0.5, 0.6) is 0 Å². The van der Waals surface area contributed by atoms with Crippen LogP contribution in [-0.2, 0) is 4.74 Å². The van der Waals surface area contributed by atoms with Gasteiger partial charge < -0.3 is 10.1 Å². The van der Waals surface area contributed by atoms with Gasteiger partial charge in [-0.1, -0.05) is 15.9 Å². The summed E-state index contributed by atoms with van der Waals surface area (Å²) in [6.07, 6.45) is 2.48. The molecule has 1 N–H and O–H groups in total. The van der Waals surface area contributed by atoms with E-state index < -0.39 is 0 Å². The van der Waals surface area contributed by atoms with Crippen LogP contribution in [0.1, 0.15) is 33.6 Å². The summed E-state index contributed by atoms with van der Waals surface area (Å²) >= 11 is 3.41. The molecule has 13 heavy (non-hydrogen) atoms. The van der Waals surface area contributed by atoms with Crippen LogP contribution in [0.2, 0.25) is 0 Å². The lowest BCUT2D eigenvalue weighted by molar-refractivity contribution is -0.000748. The first kappa shape index (κ1) is 13.4. The van der Waals surface area contributed by atoms with E-state index in [1.54, 1.807) is 0 Å². The fourth-order valence-electron chi connectivity index (χ4n) is 0.899. The lowest BCUT2D eigenvalue weighted by Gasteiger charge is -2.19. The quantitative estimate of drug-likeness (QED) is 0.555. The monoisotopic (exact) mass is 251 g/mol. The molecule has 0 aliphatic carbocycles. The van der Waals surface area contributed by atoms with Crippen LogP contribution in [-0.4, -0.2) is 30.6 Å². The van der Waals surface area contributed by atoms with Gasteiger partial charge in [-0.3, -0.25) is 0 Å². The van der Waals surface area contributed by atoms with Crippen molar-refractivity contribution in [3.8, 4) is 0 Å². The second-order valence-corrected chi connectivity index (χ2v) is 4.90. The maximum atomic E-state index is 5.56. The summed E-state index contributed by atoms with van der Waals surface area (Å²) in [6.45, 7) is 9.10. The van der Waals surface area contributed by atoms with Crippen molar-refractivity contribution in [2.75, 3.05) is 25.0 Å². The molecule has 0 atom stereocenters. The van der Waals surface area contributed by atoms with Crippen LogP contribution < -0.4 is 5.32 Å². The molecule has 0 radical (unpaired) electrons. The zero-order chi connectivity index (χ0) is 10.2. The Balaban J connectivity index is 3.00. The third-order valence-corrected chi connectivity index (χ3v) is 2.11. The summed E-state index contributed by atoms with van der Waals surface area (Å²) in [5.41, 5.74) is -0.00244. The van der Waals surface area contributed by atoms with Gasteiger partial charge in [0.15, 0.2) is 0 Å². The van der Waals surface area contributed by atoms with Gasteiger partial charge in [0.25, 0.3) is 0 Å². The molecule has 80 valence electrons. The molecule has 0 fully saturated rings. The number of unbranched alkanes of at least 4 members (excludes halogenated alkanes) is 1. The average molecular weight is 252 g/mol. The Morgan fingerprint density at radius 2 is 1.85 bits per heavy atom. The highest BCUT2D eigenvalue weighted by molar-refractivity contribution is 9.09. The molecule has 0 aromatic carbocycles. The van der Waals surface area contributed by atoms with Crippen molar-refractivity contribution in [1.29, 1.82) is 0 Å². The minimum atomic E-state index is -0.00244. The van der Waals surface area contributed by atoms with E-state index in [4.69, 9.17) is 4.74 Å². The van der Waals surface area contributed by atoms with E-state index in [1.165, 1.54) is 12.8 Å². The van der Waals surface area contributed by atoms with E-state index in [2.05, 4.69) is 42.0 Å². The highest BCUT2D eigenvalue weighted by atomic mass is 79.9. The van der Waals surface area contributed by atoms with Crippen molar-refractivity contribution in [3.05, 3.63) is 0 Å². The summed E-state index contributed by atoms with van der Waals surface area (Å²) in [4.78, 5) is 0. The minimum absolute atomic E-state index is 0.00244. The van der Waals surface area contributed by atoms with Gasteiger partial charge >= 0.3 is 0 Å². The van der Waals surface area contributed by atoms with Crippen molar-refractivity contribution < 1.29 is 4.74 Å². The predicted molar refractivity (Wildman–Crippen MR) is 61.6 cm³/mol. The van der Waals surface area contributed by atoms with Crippen LogP contribution in [0.15, 0.2) is 0 Å². The van der Waals surface area contributed by atoms with Gasteiger partial charge in [0.2, 0.25) is 0 Å². The molecular weight excluding hydrogens is 230 g/mol. The summed E-state index contributed by atoms with van der Waals surface area (Å²) in [5.74, 6) is 0. The van der Waals surface area contributed by atoms with Gasteiger partial charge in [0, 0.05) is 11.9 Å². The minimum Gasteiger partial charge on any atom is -0.375 e. The normalized spacial score (nSPS) is 12.0. The zero-order valence-electron chi connectivity index (χ0n) is 9.03. The SMILES string of the molecule is CC(C)(C)OCCNCCCCBr. The average Bonchev–Trinajstić information content (AvgIpc) is 2.01. The second kappa shape index (κ2) is 7.77. The van der Waals surface area contributed by atoms with Gasteiger partial charge in [-0.2, -0.15) is 0 Å². The maximum Gasteiger partial charge on any atom is 0.0599 e. The van der Waals surface area contributed by atoms with Crippen LogP contribution in [0.4, 0.5) is 0 Å². The van der Waals surface area contributed by atoms with E-state index in [0.717, 1.165) is 25.0 Å². The lowest BCUT2D eigenvalue weighted by Crippen LogP contribution is -2.27. The van der Waals surface area contributed by atoms with Crippen molar-refractivity contribution >= 4 is 15.9 Å². The number of hydrogen-bond acceptors (Lipinski definition) is 2. The van der Waals surface area contributed by atoms with E-state index in [0.29, 0.717) is 0 Å². The Hall–Kier alpha value is 0.400. The third-order valence-electron chi connectivity index (χ3n) is 1.55. The van der Waals surface area contributed by atoms with Gasteiger partial charge in [-0.05, 0) is 40.2 Å². The second-order valence-electron chi connectivity index (χ2n) is 4.11. The van der Waals surface area contributed by atoms with Crippen LogP contribution in [0, 0.1) is 0 Å². The summed E-state index contributed by atoms with van der Waals surface area (Å²) in [6, 6.07) is 0. The van der Waals surface area contributed by atoms with E-state index >= 15 is 0 Å². The first-order valence-corrected chi connectivity index (χ1v) is 6.09. The molecule has 0 saturated carbocycles. The molecule has 0 aromatic rings. The van der Waals surface area contributed by atoms with Crippen molar-refractivity contribution in [2.24, 2.45) is 0 Å². The Kier molecular flexibility index (Phi) is 8.01. The molecule has 0 saturated heterocycles. The summed E-state index contributed by atoms with van der Waals surface area (Å²) in [5, 5.41) is 4.45. The van der Waals surface area contributed by atoms with Crippen molar-refractivity contribution in [1.82, 2.24) is 5.32 Å². The smallest absolute Gasteiger partial charge is 0.0599 e. The maximum absolute atomic E-state index is 5.56. The Morgan fingerprint density at radius 1 is 1.15 bits per heavy atom. The number of ether oxygens (including phenoxy) is 1. The van der Waals surface area contributed by atoms with Crippen LogP contribution in [0.25, 0.3) is 0 Å². The Morgan fingerprint density at radius 3 is 2.38 bits per heavy atom. The fraction of sp³-hybridized carbons (Fsp3) is 1.00. The number of halogens is 1. The molecule has 0 aliphatic rings. The molecule has 2 nitrogen and oxygen atoms in total. The first-order chi connectivity index (χ1) is 6.06. The van der Waals surface area contributed by atoms with E-state index in [9.17, 15) is 0 Å². The van der Waals surface area contributed by atoms with Gasteiger partial charge in [-0.15, -0.1) is 0 Å². The zero-order valence-corrected chi connectivity index (χ0v) is 10.6. The molecule has 0 amide bonds. The molecular formula is C10H22BrNO. The topological polar surface area (TPSA) is 21.3 Å². The summed E-state index contributed by atoms with van der Waals surface area (Å²) in [7, 11) is 0. The molecule has 0 rings (SSSR count). The van der Waals surface area contributed by atoms with Gasteiger partial charge in [0.05, 0.1) is 12.2 Å². The van der Waals surface area contributed by atoms with Crippen LogP contribution >= 0.6 is 15.9 Å². The number of nitrogens with one attached hydrogen (secondary N) is 1. The van der Waals surface area contributed by atoms with Crippen molar-refractivity contribution in [2.45, 2.75) is 39.2 Å². The molecule has 0 aliphatic heterocycles. The predicted octanol–water partition coefficient (Wildman–Crippen LogP) is 2.57. The standard InChI is InChI=1S/C10H22BrNO/c1-10(2,3)13-9-8-12-7-5-4-6-11/h12H,4-9H2,1-3H3. The number of hydrogen-bond donors (Lipinski definition) is 1. The first-order valence-electron chi connectivity index (χ1n) is 4.97. The molecule has 0 heterocycles. The fourth-order valence-corrected chi connectivity index (χ4v) is 1.30.